The van der Waals surface area contributed by atoms with Crippen molar-refractivity contribution in [2.24, 2.45) is 16.6 Å². The predicted molar refractivity (Wildman–Crippen MR) is 92.4 cm³/mol. The summed E-state index contributed by atoms with van der Waals surface area (Å²) >= 11 is 0. The highest BCUT2D eigenvalue weighted by Gasteiger charge is 2.28. The van der Waals surface area contributed by atoms with Crippen LogP contribution in [0.1, 0.15) is 52.9 Å². The van der Waals surface area contributed by atoms with Gasteiger partial charge in [-0.1, -0.05) is 0 Å². The zero-order chi connectivity index (χ0) is 17.0. The van der Waals surface area contributed by atoms with Gasteiger partial charge in [-0.3, -0.25) is 4.99 Å². The molecule has 1 amide bonds. The highest BCUT2D eigenvalue weighted by molar-refractivity contribution is 5.78. The van der Waals surface area contributed by atoms with E-state index in [0.29, 0.717) is 17.9 Å². The number of amides is 1. The second-order valence-corrected chi connectivity index (χ2v) is 7.81. The van der Waals surface area contributed by atoms with Gasteiger partial charge in [0.15, 0.2) is 5.96 Å². The number of likely N-dealkylation sites (tertiary alicyclic amines) is 1. The minimum Gasteiger partial charge on any atom is -0.444 e. The topological polar surface area (TPSA) is 71.2 Å². The Kier molecular flexibility index (Phi) is 5.76. The van der Waals surface area contributed by atoms with Crippen LogP contribution in [0.5, 0.6) is 0 Å². The first-order valence-electron chi connectivity index (χ1n) is 8.77. The minimum absolute atomic E-state index is 0.196. The second kappa shape index (κ2) is 7.41. The van der Waals surface area contributed by atoms with Crippen LogP contribution in [-0.4, -0.2) is 60.2 Å². The van der Waals surface area contributed by atoms with Gasteiger partial charge in [-0.25, -0.2) is 4.79 Å². The molecule has 0 spiro atoms. The average molecular weight is 324 g/mol. The highest BCUT2D eigenvalue weighted by atomic mass is 16.6. The van der Waals surface area contributed by atoms with Crippen LogP contribution in [0.3, 0.4) is 0 Å². The van der Waals surface area contributed by atoms with Crippen molar-refractivity contribution in [3.05, 3.63) is 0 Å². The maximum absolute atomic E-state index is 12.2. The van der Waals surface area contributed by atoms with Gasteiger partial charge in [-0.05, 0) is 58.8 Å². The zero-order valence-corrected chi connectivity index (χ0v) is 15.0. The minimum atomic E-state index is -0.434. The molecule has 1 heterocycles. The summed E-state index contributed by atoms with van der Waals surface area (Å²) in [5.74, 6) is 1.13. The van der Waals surface area contributed by atoms with Crippen molar-refractivity contribution in [1.29, 1.82) is 0 Å². The molecule has 2 aliphatic rings. The predicted octanol–water partition coefficient (Wildman–Crippen LogP) is 2.43. The van der Waals surface area contributed by atoms with Crippen molar-refractivity contribution in [3.63, 3.8) is 0 Å². The molecule has 6 heteroatoms. The van der Waals surface area contributed by atoms with E-state index < -0.39 is 5.60 Å². The smallest absolute Gasteiger partial charge is 0.410 e. The van der Waals surface area contributed by atoms with Crippen molar-refractivity contribution in [2.45, 2.75) is 64.5 Å². The van der Waals surface area contributed by atoms with Crippen molar-refractivity contribution < 1.29 is 9.53 Å². The molecule has 1 saturated carbocycles. The van der Waals surface area contributed by atoms with E-state index in [9.17, 15) is 4.79 Å². The van der Waals surface area contributed by atoms with Gasteiger partial charge in [0.2, 0.25) is 0 Å². The lowest BCUT2D eigenvalue weighted by atomic mass is 9.95. The highest BCUT2D eigenvalue weighted by Crippen LogP contribution is 2.25. The number of ether oxygens (including phenoxy) is 1. The van der Waals surface area contributed by atoms with Crippen molar-refractivity contribution in [2.75, 3.05) is 26.7 Å². The van der Waals surface area contributed by atoms with Gasteiger partial charge in [0, 0.05) is 32.7 Å². The number of rotatable bonds is 4. The van der Waals surface area contributed by atoms with Gasteiger partial charge in [-0.2, -0.15) is 0 Å². The molecule has 0 radical (unpaired) electrons. The molecular weight excluding hydrogens is 292 g/mol. The molecular formula is C17H32N4O2. The number of guanidine groups is 1. The standard InChI is InChI=1S/C17H32N4O2/c1-17(2,3)23-16(22)21-11-5-6-13(12-21)9-10-19-15(18)20(4)14-7-8-14/h13-14H,5-12H2,1-4H3,(H2,18,19). The Balaban J connectivity index is 1.75. The molecule has 132 valence electrons. The van der Waals surface area contributed by atoms with Gasteiger partial charge in [0.25, 0.3) is 0 Å². The first-order valence-corrected chi connectivity index (χ1v) is 8.77. The Hall–Kier alpha value is -1.46. The molecule has 1 saturated heterocycles. The third-order valence-electron chi connectivity index (χ3n) is 4.44. The molecule has 0 aromatic rings. The van der Waals surface area contributed by atoms with Gasteiger partial charge in [-0.15, -0.1) is 0 Å². The van der Waals surface area contributed by atoms with Crippen molar-refractivity contribution in [3.8, 4) is 0 Å². The molecule has 0 aromatic carbocycles. The van der Waals surface area contributed by atoms with Crippen LogP contribution < -0.4 is 5.73 Å². The molecule has 2 N–H and O–H groups in total. The summed E-state index contributed by atoms with van der Waals surface area (Å²) in [5, 5.41) is 0. The first-order chi connectivity index (χ1) is 10.8. The van der Waals surface area contributed by atoms with Crippen LogP contribution in [0.25, 0.3) is 0 Å². The summed E-state index contributed by atoms with van der Waals surface area (Å²) in [4.78, 5) is 20.6. The number of hydrogen-bond acceptors (Lipinski definition) is 3. The summed E-state index contributed by atoms with van der Waals surface area (Å²) in [5.41, 5.74) is 5.58. The van der Waals surface area contributed by atoms with E-state index in [4.69, 9.17) is 10.5 Å². The van der Waals surface area contributed by atoms with E-state index in [0.717, 1.165) is 38.9 Å². The zero-order valence-electron chi connectivity index (χ0n) is 15.0. The summed E-state index contributed by atoms with van der Waals surface area (Å²) < 4.78 is 5.47. The van der Waals surface area contributed by atoms with Crippen LogP contribution in [0, 0.1) is 5.92 Å². The van der Waals surface area contributed by atoms with E-state index in [1.807, 2.05) is 32.7 Å². The van der Waals surface area contributed by atoms with E-state index in [-0.39, 0.29) is 6.09 Å². The molecule has 1 aliphatic heterocycles. The van der Waals surface area contributed by atoms with Crippen LogP contribution in [0.15, 0.2) is 4.99 Å². The fourth-order valence-corrected chi connectivity index (χ4v) is 2.92. The normalized spacial score (nSPS) is 22.9. The third-order valence-corrected chi connectivity index (χ3v) is 4.44. The molecule has 1 unspecified atom stereocenters. The van der Waals surface area contributed by atoms with Gasteiger partial charge < -0.3 is 20.3 Å². The Labute approximate surface area is 140 Å². The van der Waals surface area contributed by atoms with E-state index >= 15 is 0 Å². The van der Waals surface area contributed by atoms with Crippen molar-refractivity contribution >= 4 is 12.1 Å². The maximum Gasteiger partial charge on any atom is 0.410 e. The van der Waals surface area contributed by atoms with Gasteiger partial charge in [0.05, 0.1) is 0 Å². The molecule has 2 rings (SSSR count). The van der Waals surface area contributed by atoms with E-state index in [2.05, 4.69) is 9.89 Å². The Bertz CT molecular complexity index is 440. The Morgan fingerprint density at radius 2 is 2.04 bits per heavy atom. The van der Waals surface area contributed by atoms with E-state index in [1.54, 1.807) is 0 Å². The monoisotopic (exact) mass is 324 g/mol. The fourth-order valence-electron chi connectivity index (χ4n) is 2.92. The quantitative estimate of drug-likeness (QED) is 0.637. The number of aliphatic imine (C=N–C) groups is 1. The number of piperidine rings is 1. The number of carbonyl (C=O) groups excluding carboxylic acids is 1. The van der Waals surface area contributed by atoms with E-state index in [1.165, 1.54) is 12.8 Å². The second-order valence-electron chi connectivity index (χ2n) is 7.81. The van der Waals surface area contributed by atoms with Crippen LogP contribution in [0.2, 0.25) is 0 Å². The molecule has 6 nitrogen and oxygen atoms in total. The fraction of sp³-hybridized carbons (Fsp3) is 0.882. The molecule has 2 fully saturated rings. The lowest BCUT2D eigenvalue weighted by Gasteiger charge is -2.34. The number of hydrogen-bond donors (Lipinski definition) is 1. The third kappa shape index (κ3) is 5.92. The first kappa shape index (κ1) is 17.9. The van der Waals surface area contributed by atoms with Crippen LogP contribution in [0.4, 0.5) is 4.79 Å². The average Bonchev–Trinajstić information content (AvgIpc) is 3.29. The molecule has 1 aliphatic carbocycles. The molecule has 0 bridgehead atoms. The SMILES string of the molecule is CN(C(N)=NCCC1CCCN(C(=O)OC(C)(C)C)C1)C1CC1. The lowest BCUT2D eigenvalue weighted by Crippen LogP contribution is -2.43. The number of nitrogens with zero attached hydrogens (tertiary/aromatic N) is 3. The summed E-state index contributed by atoms with van der Waals surface area (Å²) in [6.45, 7) is 8.00. The largest absolute Gasteiger partial charge is 0.444 e. The molecule has 1 atom stereocenters. The summed E-state index contributed by atoms with van der Waals surface area (Å²) in [7, 11) is 2.02. The van der Waals surface area contributed by atoms with Gasteiger partial charge >= 0.3 is 6.09 Å². The summed E-state index contributed by atoms with van der Waals surface area (Å²) in [6.07, 6.45) is 5.40. The summed E-state index contributed by atoms with van der Waals surface area (Å²) in [6, 6.07) is 0.594. The molecule has 23 heavy (non-hydrogen) atoms. The lowest BCUT2D eigenvalue weighted by molar-refractivity contribution is 0.0163. The van der Waals surface area contributed by atoms with Gasteiger partial charge in [0.1, 0.15) is 5.60 Å². The van der Waals surface area contributed by atoms with Crippen LogP contribution in [-0.2, 0) is 4.74 Å². The maximum atomic E-state index is 12.2. The Morgan fingerprint density at radius 3 is 2.65 bits per heavy atom. The number of carbonyl (C=O) groups is 1. The van der Waals surface area contributed by atoms with Crippen LogP contribution >= 0.6 is 0 Å². The molecule has 0 aromatic heterocycles. The van der Waals surface area contributed by atoms with Crippen molar-refractivity contribution in [1.82, 2.24) is 9.80 Å². The number of nitrogens with two attached hydrogens (primary N) is 1. The Morgan fingerprint density at radius 1 is 1.35 bits per heavy atom.